The van der Waals surface area contributed by atoms with Gasteiger partial charge in [0.2, 0.25) is 0 Å². The van der Waals surface area contributed by atoms with Gasteiger partial charge in [-0.1, -0.05) is 37.6 Å². The summed E-state index contributed by atoms with van der Waals surface area (Å²) in [6, 6.07) is 5.68. The summed E-state index contributed by atoms with van der Waals surface area (Å²) in [6.07, 6.45) is -0.499. The molecule has 0 aliphatic carbocycles. The van der Waals surface area contributed by atoms with Gasteiger partial charge in [-0.05, 0) is 19.2 Å². The molecule has 1 N–H and O–H groups in total. The highest BCUT2D eigenvalue weighted by Gasteiger charge is 2.33. The number of hydrogen-bond donors (Lipinski definition) is 1. The summed E-state index contributed by atoms with van der Waals surface area (Å²) in [6.45, 7) is 6.28. The Kier molecular flexibility index (Phi) is 3.92. The van der Waals surface area contributed by atoms with Crippen LogP contribution in [0.2, 0.25) is 5.02 Å². The van der Waals surface area contributed by atoms with Crippen molar-refractivity contribution >= 4 is 11.6 Å². The molecule has 1 aromatic rings. The molecule has 94 valence electrons. The molecule has 0 saturated carbocycles. The molecule has 1 aromatic carbocycles. The van der Waals surface area contributed by atoms with E-state index in [1.54, 1.807) is 0 Å². The zero-order valence-corrected chi connectivity index (χ0v) is 10.9. The SMILES string of the molecule is CCN(CC)C1c2cccc(Cl)c2OCC1O. The molecule has 0 aromatic heterocycles. The normalized spacial score (nSPS) is 23.4. The summed E-state index contributed by atoms with van der Waals surface area (Å²) >= 11 is 6.12. The number of para-hydroxylation sites is 1. The first kappa shape index (κ1) is 12.7. The van der Waals surface area contributed by atoms with Crippen molar-refractivity contribution in [3.8, 4) is 5.75 Å². The third-order valence-electron chi connectivity index (χ3n) is 3.28. The number of nitrogens with zero attached hydrogens (tertiary/aromatic N) is 1. The Balaban J connectivity index is 2.43. The average molecular weight is 256 g/mol. The first-order chi connectivity index (χ1) is 8.19. The molecular formula is C13H18ClNO2. The van der Waals surface area contributed by atoms with Crippen molar-refractivity contribution in [3.63, 3.8) is 0 Å². The zero-order chi connectivity index (χ0) is 12.4. The second kappa shape index (κ2) is 5.25. The Labute approximate surface area is 107 Å². The molecule has 0 radical (unpaired) electrons. The molecule has 2 atom stereocenters. The van der Waals surface area contributed by atoms with Gasteiger partial charge in [0.05, 0.1) is 11.1 Å². The van der Waals surface area contributed by atoms with Crippen LogP contribution in [0, 0.1) is 0 Å². The van der Waals surface area contributed by atoms with E-state index >= 15 is 0 Å². The maximum Gasteiger partial charge on any atom is 0.142 e. The van der Waals surface area contributed by atoms with Crippen LogP contribution in [0.3, 0.4) is 0 Å². The van der Waals surface area contributed by atoms with Crippen molar-refractivity contribution in [2.24, 2.45) is 0 Å². The number of likely N-dealkylation sites (N-methyl/N-ethyl adjacent to an activating group) is 1. The van der Waals surface area contributed by atoms with Crippen molar-refractivity contribution in [1.29, 1.82) is 0 Å². The minimum Gasteiger partial charge on any atom is -0.489 e. The van der Waals surface area contributed by atoms with Crippen LogP contribution in [0.4, 0.5) is 0 Å². The lowest BCUT2D eigenvalue weighted by molar-refractivity contribution is 0.00372. The van der Waals surface area contributed by atoms with Gasteiger partial charge in [0.15, 0.2) is 0 Å². The third kappa shape index (κ3) is 2.28. The van der Waals surface area contributed by atoms with Crippen molar-refractivity contribution in [1.82, 2.24) is 4.90 Å². The number of benzene rings is 1. The van der Waals surface area contributed by atoms with Crippen LogP contribution in [0.1, 0.15) is 25.5 Å². The van der Waals surface area contributed by atoms with E-state index < -0.39 is 6.10 Å². The van der Waals surface area contributed by atoms with Gasteiger partial charge in [-0.25, -0.2) is 0 Å². The molecule has 1 aliphatic heterocycles. The van der Waals surface area contributed by atoms with Crippen molar-refractivity contribution in [2.45, 2.75) is 26.0 Å². The van der Waals surface area contributed by atoms with Gasteiger partial charge in [-0.15, -0.1) is 0 Å². The summed E-state index contributed by atoms with van der Waals surface area (Å²) in [4.78, 5) is 2.22. The summed E-state index contributed by atoms with van der Waals surface area (Å²) in [5, 5.41) is 10.7. The van der Waals surface area contributed by atoms with E-state index in [0.717, 1.165) is 24.4 Å². The van der Waals surface area contributed by atoms with Crippen molar-refractivity contribution < 1.29 is 9.84 Å². The third-order valence-corrected chi connectivity index (χ3v) is 3.58. The minimum atomic E-state index is -0.499. The first-order valence-electron chi connectivity index (χ1n) is 6.02. The molecule has 2 rings (SSSR count). The van der Waals surface area contributed by atoms with E-state index in [0.29, 0.717) is 11.6 Å². The molecule has 17 heavy (non-hydrogen) atoms. The molecule has 0 amide bonds. The van der Waals surface area contributed by atoms with Gasteiger partial charge in [-0.2, -0.15) is 0 Å². The second-order valence-corrected chi connectivity index (χ2v) is 4.61. The van der Waals surface area contributed by atoms with E-state index in [-0.39, 0.29) is 6.04 Å². The molecule has 1 aliphatic rings. The summed E-state index contributed by atoms with van der Waals surface area (Å²) < 4.78 is 5.53. The number of rotatable bonds is 3. The zero-order valence-electron chi connectivity index (χ0n) is 10.2. The standard InChI is InChI=1S/C13H18ClNO2/c1-3-15(4-2)12-9-6-5-7-10(14)13(9)17-8-11(12)16/h5-7,11-12,16H,3-4,8H2,1-2H3. The molecule has 4 heteroatoms. The lowest BCUT2D eigenvalue weighted by Gasteiger charge is -2.38. The Hall–Kier alpha value is -0.770. The van der Waals surface area contributed by atoms with Crippen LogP contribution in [-0.4, -0.2) is 35.8 Å². The number of hydrogen-bond acceptors (Lipinski definition) is 3. The molecule has 2 unspecified atom stereocenters. The van der Waals surface area contributed by atoms with Crippen molar-refractivity contribution in [3.05, 3.63) is 28.8 Å². The maximum atomic E-state index is 10.1. The van der Waals surface area contributed by atoms with Gasteiger partial charge in [-0.3, -0.25) is 4.90 Å². The predicted octanol–water partition coefficient (Wildman–Crippen LogP) is 2.48. The highest BCUT2D eigenvalue weighted by molar-refractivity contribution is 6.32. The molecule has 0 bridgehead atoms. The van der Waals surface area contributed by atoms with Crippen LogP contribution >= 0.6 is 11.6 Å². The van der Waals surface area contributed by atoms with E-state index in [2.05, 4.69) is 18.7 Å². The van der Waals surface area contributed by atoms with Gasteiger partial charge in [0.25, 0.3) is 0 Å². The van der Waals surface area contributed by atoms with Crippen LogP contribution in [0.5, 0.6) is 5.75 Å². The molecule has 1 heterocycles. The Morgan fingerprint density at radius 3 is 2.76 bits per heavy atom. The number of aliphatic hydroxyl groups excluding tert-OH is 1. The van der Waals surface area contributed by atoms with Crippen LogP contribution in [0.15, 0.2) is 18.2 Å². The molecule has 3 nitrogen and oxygen atoms in total. The highest BCUT2D eigenvalue weighted by Crippen LogP contribution is 2.40. The van der Waals surface area contributed by atoms with Crippen molar-refractivity contribution in [2.75, 3.05) is 19.7 Å². The first-order valence-corrected chi connectivity index (χ1v) is 6.40. The van der Waals surface area contributed by atoms with Crippen LogP contribution < -0.4 is 4.74 Å². The van der Waals surface area contributed by atoms with E-state index in [9.17, 15) is 5.11 Å². The summed E-state index contributed by atoms with van der Waals surface area (Å²) in [5.41, 5.74) is 0.986. The van der Waals surface area contributed by atoms with E-state index in [1.165, 1.54) is 0 Å². The van der Waals surface area contributed by atoms with Crippen LogP contribution in [-0.2, 0) is 0 Å². The topological polar surface area (TPSA) is 32.7 Å². The monoisotopic (exact) mass is 255 g/mol. The lowest BCUT2D eigenvalue weighted by Crippen LogP contribution is -2.42. The van der Waals surface area contributed by atoms with Gasteiger partial charge < -0.3 is 9.84 Å². The molecule has 0 spiro atoms. The Morgan fingerprint density at radius 1 is 1.41 bits per heavy atom. The summed E-state index contributed by atoms with van der Waals surface area (Å²) in [7, 11) is 0. The highest BCUT2D eigenvalue weighted by atomic mass is 35.5. The Bertz CT molecular complexity index is 393. The fourth-order valence-corrected chi connectivity index (χ4v) is 2.67. The number of halogens is 1. The van der Waals surface area contributed by atoms with Gasteiger partial charge >= 0.3 is 0 Å². The Morgan fingerprint density at radius 2 is 2.12 bits per heavy atom. The average Bonchev–Trinajstić information content (AvgIpc) is 2.33. The van der Waals surface area contributed by atoms with Gasteiger partial charge in [0, 0.05) is 5.56 Å². The maximum absolute atomic E-state index is 10.1. The predicted molar refractivity (Wildman–Crippen MR) is 68.6 cm³/mol. The second-order valence-electron chi connectivity index (χ2n) is 4.20. The quantitative estimate of drug-likeness (QED) is 0.901. The molecule has 0 fully saturated rings. The number of ether oxygens (including phenoxy) is 1. The minimum absolute atomic E-state index is 0.0209. The smallest absolute Gasteiger partial charge is 0.142 e. The largest absolute Gasteiger partial charge is 0.489 e. The summed E-state index contributed by atoms with van der Waals surface area (Å²) in [5.74, 6) is 0.719. The van der Waals surface area contributed by atoms with Gasteiger partial charge in [0.1, 0.15) is 18.5 Å². The number of fused-ring (bicyclic) bond motifs is 1. The lowest BCUT2D eigenvalue weighted by atomic mass is 9.96. The molecule has 0 saturated heterocycles. The number of aliphatic hydroxyl groups is 1. The van der Waals surface area contributed by atoms with E-state index in [4.69, 9.17) is 16.3 Å². The fraction of sp³-hybridized carbons (Fsp3) is 0.538. The molecular weight excluding hydrogens is 238 g/mol. The van der Waals surface area contributed by atoms with E-state index in [1.807, 2.05) is 18.2 Å². The fourth-order valence-electron chi connectivity index (χ4n) is 2.43. The van der Waals surface area contributed by atoms with Crippen LogP contribution in [0.25, 0.3) is 0 Å².